The summed E-state index contributed by atoms with van der Waals surface area (Å²) in [6.45, 7) is 4.56. The van der Waals surface area contributed by atoms with Gasteiger partial charge in [-0.05, 0) is 50.1 Å². The fourth-order valence-corrected chi connectivity index (χ4v) is 2.88. The van der Waals surface area contributed by atoms with Gasteiger partial charge in [0.1, 0.15) is 0 Å². The summed E-state index contributed by atoms with van der Waals surface area (Å²) < 4.78 is 1.17. The minimum absolute atomic E-state index is 0.686. The van der Waals surface area contributed by atoms with Gasteiger partial charge >= 0.3 is 0 Å². The van der Waals surface area contributed by atoms with Crippen molar-refractivity contribution in [3.63, 3.8) is 0 Å². The van der Waals surface area contributed by atoms with Crippen molar-refractivity contribution in [3.8, 4) is 0 Å². The molecule has 1 aromatic rings. The first-order chi connectivity index (χ1) is 8.16. The molecule has 2 rings (SSSR count). The maximum Gasteiger partial charge on any atom is 0.0318 e. The minimum atomic E-state index is 0.686. The smallest absolute Gasteiger partial charge is 0.0318 e. The summed E-state index contributed by atoms with van der Waals surface area (Å²) in [7, 11) is 0. The molecule has 1 atom stereocenters. The van der Waals surface area contributed by atoms with Crippen LogP contribution >= 0.6 is 15.9 Å². The second kappa shape index (κ2) is 5.87. The van der Waals surface area contributed by atoms with E-state index in [-0.39, 0.29) is 0 Å². The molecule has 17 heavy (non-hydrogen) atoms. The molecule has 0 amide bonds. The molecule has 2 N–H and O–H groups in total. The molecule has 0 aromatic heterocycles. The molecule has 1 unspecified atom stereocenters. The molecule has 1 fully saturated rings. The monoisotopic (exact) mass is 296 g/mol. The number of anilines is 1. The van der Waals surface area contributed by atoms with E-state index >= 15 is 0 Å². The van der Waals surface area contributed by atoms with Gasteiger partial charge in [0.05, 0.1) is 0 Å². The van der Waals surface area contributed by atoms with Crippen molar-refractivity contribution < 1.29 is 0 Å². The fourth-order valence-electron chi connectivity index (χ4n) is 2.50. The molecule has 0 bridgehead atoms. The van der Waals surface area contributed by atoms with Crippen LogP contribution in [0.3, 0.4) is 0 Å². The van der Waals surface area contributed by atoms with Crippen LogP contribution in [-0.4, -0.2) is 17.5 Å². The van der Waals surface area contributed by atoms with Crippen LogP contribution in [0.25, 0.3) is 0 Å². The van der Waals surface area contributed by atoms with Gasteiger partial charge in [-0.1, -0.05) is 28.8 Å². The highest BCUT2D eigenvalue weighted by Gasteiger charge is 2.17. The van der Waals surface area contributed by atoms with Crippen LogP contribution < -0.4 is 5.73 Å². The van der Waals surface area contributed by atoms with Gasteiger partial charge in [-0.3, -0.25) is 4.90 Å². The van der Waals surface area contributed by atoms with Crippen LogP contribution in [0.15, 0.2) is 22.7 Å². The molecule has 1 aliphatic rings. The molecule has 3 heteroatoms. The largest absolute Gasteiger partial charge is 0.399 e. The standard InChI is InChI=1S/C14H21BrN2/c1-11-5-3-2-4-8-17(11)10-12-9-13(16)6-7-14(12)15/h6-7,9,11H,2-5,8,10,16H2,1H3. The van der Waals surface area contributed by atoms with Crippen LogP contribution in [0, 0.1) is 0 Å². The fraction of sp³-hybridized carbons (Fsp3) is 0.571. The van der Waals surface area contributed by atoms with E-state index in [0.717, 1.165) is 12.2 Å². The molecule has 1 heterocycles. The molecule has 94 valence electrons. The molecule has 0 radical (unpaired) electrons. The van der Waals surface area contributed by atoms with E-state index in [4.69, 9.17) is 5.73 Å². The Morgan fingerprint density at radius 3 is 3.00 bits per heavy atom. The Morgan fingerprint density at radius 1 is 1.35 bits per heavy atom. The molecule has 0 spiro atoms. The summed E-state index contributed by atoms with van der Waals surface area (Å²) in [5.41, 5.74) is 8.02. The first-order valence-corrected chi connectivity index (χ1v) is 7.24. The van der Waals surface area contributed by atoms with Gasteiger partial charge in [-0.15, -0.1) is 0 Å². The van der Waals surface area contributed by atoms with Gasteiger partial charge in [0.15, 0.2) is 0 Å². The maximum atomic E-state index is 5.86. The number of halogens is 1. The van der Waals surface area contributed by atoms with Gasteiger partial charge in [0.2, 0.25) is 0 Å². The van der Waals surface area contributed by atoms with E-state index < -0.39 is 0 Å². The lowest BCUT2D eigenvalue weighted by Crippen LogP contribution is -2.32. The zero-order valence-corrected chi connectivity index (χ0v) is 12.0. The topological polar surface area (TPSA) is 29.3 Å². The van der Waals surface area contributed by atoms with E-state index in [0.29, 0.717) is 6.04 Å². The summed E-state index contributed by atoms with van der Waals surface area (Å²) in [6, 6.07) is 6.76. The van der Waals surface area contributed by atoms with E-state index in [2.05, 4.69) is 33.8 Å². The number of nitrogens with two attached hydrogens (primary N) is 1. The number of rotatable bonds is 2. The number of benzene rings is 1. The van der Waals surface area contributed by atoms with Gasteiger partial charge in [0.25, 0.3) is 0 Å². The predicted molar refractivity (Wildman–Crippen MR) is 76.9 cm³/mol. The average molecular weight is 297 g/mol. The van der Waals surface area contributed by atoms with Gasteiger partial charge in [-0.2, -0.15) is 0 Å². The lowest BCUT2D eigenvalue weighted by atomic mass is 10.1. The third-order valence-corrected chi connectivity index (χ3v) is 4.41. The summed E-state index contributed by atoms with van der Waals surface area (Å²) in [5.74, 6) is 0. The zero-order chi connectivity index (χ0) is 12.3. The Hall–Kier alpha value is -0.540. The number of hydrogen-bond donors (Lipinski definition) is 1. The lowest BCUT2D eigenvalue weighted by Gasteiger charge is -2.27. The first-order valence-electron chi connectivity index (χ1n) is 6.45. The maximum absolute atomic E-state index is 5.86. The van der Waals surface area contributed by atoms with Crippen molar-refractivity contribution in [3.05, 3.63) is 28.2 Å². The van der Waals surface area contributed by atoms with Crippen LogP contribution in [0.5, 0.6) is 0 Å². The van der Waals surface area contributed by atoms with Crippen molar-refractivity contribution in [2.24, 2.45) is 0 Å². The number of likely N-dealkylation sites (tertiary alicyclic amines) is 1. The second-order valence-electron chi connectivity index (χ2n) is 5.02. The summed E-state index contributed by atoms with van der Waals surface area (Å²) in [6.07, 6.45) is 5.39. The van der Waals surface area contributed by atoms with Crippen molar-refractivity contribution >= 4 is 21.6 Å². The number of hydrogen-bond acceptors (Lipinski definition) is 2. The van der Waals surface area contributed by atoms with Crippen LogP contribution in [0.2, 0.25) is 0 Å². The molecule has 0 aliphatic carbocycles. The van der Waals surface area contributed by atoms with Crippen molar-refractivity contribution in [2.75, 3.05) is 12.3 Å². The van der Waals surface area contributed by atoms with Gasteiger partial charge in [-0.25, -0.2) is 0 Å². The molecule has 1 aliphatic heterocycles. The van der Waals surface area contributed by atoms with Crippen molar-refractivity contribution in [2.45, 2.75) is 45.2 Å². The average Bonchev–Trinajstić information content (AvgIpc) is 2.50. The van der Waals surface area contributed by atoms with Gasteiger partial charge in [0, 0.05) is 22.7 Å². The Labute approximate surface area is 112 Å². The Bertz CT molecular complexity index is 378. The number of nitrogens with zero attached hydrogens (tertiary/aromatic N) is 1. The zero-order valence-electron chi connectivity index (χ0n) is 10.5. The lowest BCUT2D eigenvalue weighted by molar-refractivity contribution is 0.204. The Balaban J connectivity index is 2.10. The SMILES string of the molecule is CC1CCCCCN1Cc1cc(N)ccc1Br. The Morgan fingerprint density at radius 2 is 2.18 bits per heavy atom. The highest BCUT2D eigenvalue weighted by atomic mass is 79.9. The molecule has 1 aromatic carbocycles. The van der Waals surface area contributed by atoms with E-state index in [1.807, 2.05) is 12.1 Å². The van der Waals surface area contributed by atoms with Crippen LogP contribution in [0.1, 0.15) is 38.2 Å². The molecule has 1 saturated heterocycles. The van der Waals surface area contributed by atoms with Crippen LogP contribution in [0.4, 0.5) is 5.69 Å². The van der Waals surface area contributed by atoms with E-state index in [1.54, 1.807) is 0 Å². The Kier molecular flexibility index (Phi) is 4.46. The molecular formula is C14H21BrN2. The highest BCUT2D eigenvalue weighted by Crippen LogP contribution is 2.24. The molecule has 0 saturated carbocycles. The summed E-state index contributed by atoms with van der Waals surface area (Å²) >= 11 is 3.61. The van der Waals surface area contributed by atoms with Crippen LogP contribution in [-0.2, 0) is 6.54 Å². The second-order valence-corrected chi connectivity index (χ2v) is 5.87. The van der Waals surface area contributed by atoms with E-state index in [1.165, 1.54) is 42.3 Å². The minimum Gasteiger partial charge on any atom is -0.399 e. The number of nitrogen functional groups attached to an aromatic ring is 1. The van der Waals surface area contributed by atoms with Gasteiger partial charge < -0.3 is 5.73 Å². The normalized spacial score (nSPS) is 22.4. The van der Waals surface area contributed by atoms with E-state index in [9.17, 15) is 0 Å². The molecule has 2 nitrogen and oxygen atoms in total. The quantitative estimate of drug-likeness (QED) is 0.841. The van der Waals surface area contributed by atoms with Crippen molar-refractivity contribution in [1.29, 1.82) is 0 Å². The first kappa shape index (κ1) is 12.9. The molecular weight excluding hydrogens is 276 g/mol. The highest BCUT2D eigenvalue weighted by molar-refractivity contribution is 9.10. The summed E-state index contributed by atoms with van der Waals surface area (Å²) in [4.78, 5) is 2.58. The predicted octanol–water partition coefficient (Wildman–Crippen LogP) is 3.80. The van der Waals surface area contributed by atoms with Crippen molar-refractivity contribution in [1.82, 2.24) is 4.90 Å². The third-order valence-electron chi connectivity index (χ3n) is 3.63. The third kappa shape index (κ3) is 3.46. The summed E-state index contributed by atoms with van der Waals surface area (Å²) in [5, 5.41) is 0.